The van der Waals surface area contributed by atoms with Gasteiger partial charge in [-0.15, -0.1) is 0 Å². The molecule has 10 nitrogen and oxygen atoms in total. The van der Waals surface area contributed by atoms with E-state index in [2.05, 4.69) is 26.3 Å². The van der Waals surface area contributed by atoms with Gasteiger partial charge in [0, 0.05) is 22.3 Å². The van der Waals surface area contributed by atoms with Crippen molar-refractivity contribution < 1.29 is 48.0 Å². The largest absolute Gasteiger partial charge is 0.452 e. The fourth-order valence-electron chi connectivity index (χ4n) is 1.97. The highest BCUT2D eigenvalue weighted by Crippen LogP contribution is 2.21. The number of aldehydes is 1. The molecule has 0 aliphatic rings. The summed E-state index contributed by atoms with van der Waals surface area (Å²) in [6.07, 6.45) is -6.98. The van der Waals surface area contributed by atoms with E-state index in [1.165, 1.54) is 27.7 Å². The van der Waals surface area contributed by atoms with E-state index >= 15 is 0 Å². The molecule has 0 saturated carbocycles. The molecule has 0 aromatic heterocycles. The van der Waals surface area contributed by atoms with Gasteiger partial charge in [0.2, 0.25) is 0 Å². The highest BCUT2D eigenvalue weighted by atomic mass is 16.6. The van der Waals surface area contributed by atoms with Crippen LogP contribution in [-0.2, 0) is 42.9 Å². The Hall–Kier alpha value is -3.53. The summed E-state index contributed by atoms with van der Waals surface area (Å²) in [7, 11) is 0. The average Bonchev–Trinajstić information content (AvgIpc) is 2.71. The van der Waals surface area contributed by atoms with Crippen molar-refractivity contribution in [1.29, 1.82) is 0 Å². The van der Waals surface area contributed by atoms with Gasteiger partial charge in [-0.1, -0.05) is 26.3 Å². The number of esters is 4. The van der Waals surface area contributed by atoms with E-state index in [1.54, 1.807) is 0 Å². The number of aliphatic hydroxyl groups is 1. The van der Waals surface area contributed by atoms with Crippen LogP contribution in [0, 0.1) is 0 Å². The van der Waals surface area contributed by atoms with E-state index < -0.39 is 54.9 Å². The van der Waals surface area contributed by atoms with Gasteiger partial charge in [-0.25, -0.2) is 19.2 Å². The van der Waals surface area contributed by atoms with Gasteiger partial charge >= 0.3 is 23.9 Å². The van der Waals surface area contributed by atoms with Crippen molar-refractivity contribution in [2.24, 2.45) is 0 Å². The van der Waals surface area contributed by atoms with E-state index in [4.69, 9.17) is 18.9 Å². The first-order chi connectivity index (χ1) is 14.8. The lowest BCUT2D eigenvalue weighted by Crippen LogP contribution is -2.53. The van der Waals surface area contributed by atoms with Crippen LogP contribution in [0.2, 0.25) is 0 Å². The number of rotatable bonds is 13. The van der Waals surface area contributed by atoms with E-state index in [0.717, 1.165) is 0 Å². The molecule has 0 bridgehead atoms. The molecular formula is C22H28O10. The molecule has 0 unspecified atom stereocenters. The molecule has 0 aliphatic heterocycles. The maximum absolute atomic E-state index is 12.2. The quantitative estimate of drug-likeness (QED) is 0.187. The SMILES string of the molecule is C=C(C)C(=O)O[C@H]([C@H](OC(=O)C(=C)C)[C@H](C=O)OC(=O)C(=C)C)[C@@H](CO)OC(=O)C(=C)C. The molecule has 0 spiro atoms. The summed E-state index contributed by atoms with van der Waals surface area (Å²) in [6.45, 7) is 17.9. The molecule has 176 valence electrons. The third-order valence-electron chi connectivity index (χ3n) is 3.71. The van der Waals surface area contributed by atoms with Gasteiger partial charge in [0.1, 0.15) is 0 Å². The zero-order valence-corrected chi connectivity index (χ0v) is 18.5. The number of hydrogen-bond acceptors (Lipinski definition) is 10. The first-order valence-electron chi connectivity index (χ1n) is 9.28. The normalized spacial score (nSPS) is 13.9. The second-order valence-corrected chi connectivity index (χ2v) is 6.99. The van der Waals surface area contributed by atoms with E-state index in [-0.39, 0.29) is 28.6 Å². The Bertz CT molecular complexity index is 823. The minimum absolute atomic E-state index is 0.0513. The van der Waals surface area contributed by atoms with Crippen LogP contribution in [-0.4, -0.2) is 66.3 Å². The third kappa shape index (κ3) is 8.68. The first-order valence-corrected chi connectivity index (χ1v) is 9.28. The van der Waals surface area contributed by atoms with E-state index in [0.29, 0.717) is 0 Å². The predicted octanol–water partition coefficient (Wildman–Crippen LogP) is 1.13. The third-order valence-corrected chi connectivity index (χ3v) is 3.71. The van der Waals surface area contributed by atoms with Crippen molar-refractivity contribution in [3.05, 3.63) is 48.6 Å². The fraction of sp³-hybridized carbons (Fsp3) is 0.409. The van der Waals surface area contributed by atoms with Crippen molar-refractivity contribution in [3.8, 4) is 0 Å². The van der Waals surface area contributed by atoms with Gasteiger partial charge in [-0.05, 0) is 27.7 Å². The molecule has 10 heteroatoms. The fourth-order valence-corrected chi connectivity index (χ4v) is 1.97. The highest BCUT2D eigenvalue weighted by molar-refractivity contribution is 5.90. The number of aliphatic hydroxyl groups excluding tert-OH is 1. The first kappa shape index (κ1) is 28.5. The molecule has 0 aliphatic carbocycles. The topological polar surface area (TPSA) is 142 Å². The van der Waals surface area contributed by atoms with Gasteiger partial charge in [-0.2, -0.15) is 0 Å². The van der Waals surface area contributed by atoms with Crippen LogP contribution >= 0.6 is 0 Å². The van der Waals surface area contributed by atoms with Gasteiger partial charge in [-0.3, -0.25) is 4.79 Å². The van der Waals surface area contributed by atoms with Gasteiger partial charge in [0.05, 0.1) is 6.61 Å². The van der Waals surface area contributed by atoms with Gasteiger partial charge < -0.3 is 24.1 Å². The molecule has 0 fully saturated rings. The Balaban J connectivity index is 6.49. The summed E-state index contributed by atoms with van der Waals surface area (Å²) in [5.41, 5.74) is -0.325. The molecule has 0 rings (SSSR count). The lowest BCUT2D eigenvalue weighted by Gasteiger charge is -2.34. The summed E-state index contributed by atoms with van der Waals surface area (Å²) in [5, 5.41) is 9.81. The Morgan fingerprint density at radius 1 is 0.688 bits per heavy atom. The van der Waals surface area contributed by atoms with Crippen LogP contribution in [0.1, 0.15) is 27.7 Å². The summed E-state index contributed by atoms with van der Waals surface area (Å²) in [4.78, 5) is 60.2. The maximum atomic E-state index is 12.2. The Morgan fingerprint density at radius 3 is 1.38 bits per heavy atom. The Kier molecular flexibility index (Phi) is 11.6. The van der Waals surface area contributed by atoms with Crippen LogP contribution in [0.25, 0.3) is 0 Å². The number of ether oxygens (including phenoxy) is 4. The molecule has 0 radical (unpaired) electrons. The van der Waals surface area contributed by atoms with Crippen LogP contribution < -0.4 is 0 Å². The highest BCUT2D eigenvalue weighted by Gasteiger charge is 2.44. The van der Waals surface area contributed by atoms with Crippen LogP contribution in [0.3, 0.4) is 0 Å². The van der Waals surface area contributed by atoms with Crippen molar-refractivity contribution >= 4 is 30.2 Å². The molecular weight excluding hydrogens is 424 g/mol. The molecule has 0 aromatic rings. The van der Waals surface area contributed by atoms with E-state index in [1.807, 2.05) is 0 Å². The van der Waals surface area contributed by atoms with Crippen LogP contribution in [0.5, 0.6) is 0 Å². The second kappa shape index (κ2) is 13.0. The van der Waals surface area contributed by atoms with Gasteiger partial charge in [0.15, 0.2) is 30.7 Å². The number of carbonyl (C=O) groups excluding carboxylic acids is 5. The van der Waals surface area contributed by atoms with Crippen molar-refractivity contribution in [2.75, 3.05) is 6.61 Å². The van der Waals surface area contributed by atoms with Crippen molar-refractivity contribution in [3.63, 3.8) is 0 Å². The van der Waals surface area contributed by atoms with E-state index in [9.17, 15) is 29.1 Å². The minimum atomic E-state index is -1.83. The summed E-state index contributed by atoms with van der Waals surface area (Å²) >= 11 is 0. The Morgan fingerprint density at radius 2 is 1.03 bits per heavy atom. The monoisotopic (exact) mass is 452 g/mol. The predicted molar refractivity (Wildman–Crippen MR) is 112 cm³/mol. The molecule has 0 heterocycles. The van der Waals surface area contributed by atoms with Gasteiger partial charge in [0.25, 0.3) is 0 Å². The molecule has 0 amide bonds. The van der Waals surface area contributed by atoms with Crippen LogP contribution in [0.15, 0.2) is 48.6 Å². The molecule has 1 N–H and O–H groups in total. The summed E-state index contributed by atoms with van der Waals surface area (Å²) in [5.74, 6) is -4.03. The number of hydrogen-bond donors (Lipinski definition) is 1. The number of carbonyl (C=O) groups is 5. The van der Waals surface area contributed by atoms with Crippen molar-refractivity contribution in [1.82, 2.24) is 0 Å². The average molecular weight is 452 g/mol. The zero-order chi connectivity index (χ0) is 25.2. The molecule has 4 atom stereocenters. The van der Waals surface area contributed by atoms with Crippen LogP contribution in [0.4, 0.5) is 0 Å². The summed E-state index contributed by atoms with van der Waals surface area (Å²) in [6, 6.07) is 0. The molecule has 32 heavy (non-hydrogen) atoms. The smallest absolute Gasteiger partial charge is 0.333 e. The standard InChI is InChI=1S/C22H28O10/c1-11(2)19(25)29-15(9-23)17(31-21(27)13(5)6)18(32-22(28)14(7)8)16(10-24)30-20(26)12(3)4/h9,15-18,24H,1,3,5,7,10H2,2,4,6,8H3/t15-,16+,17+,18-/m0/s1. The minimum Gasteiger partial charge on any atom is -0.452 e. The second-order valence-electron chi connectivity index (χ2n) is 6.99. The maximum Gasteiger partial charge on any atom is 0.333 e. The zero-order valence-electron chi connectivity index (χ0n) is 18.5. The summed E-state index contributed by atoms with van der Waals surface area (Å²) < 4.78 is 20.5. The Labute approximate surface area is 186 Å². The lowest BCUT2D eigenvalue weighted by atomic mass is 10.0. The molecule has 0 aromatic carbocycles. The van der Waals surface area contributed by atoms with Crippen molar-refractivity contribution in [2.45, 2.75) is 52.1 Å². The lowest BCUT2D eigenvalue weighted by molar-refractivity contribution is -0.197. The molecule has 0 saturated heterocycles.